The molecule has 0 saturated heterocycles. The van der Waals surface area contributed by atoms with Crippen LogP contribution in [0.2, 0.25) is 0 Å². The maximum Gasteiger partial charge on any atom is 0.251 e. The first-order chi connectivity index (χ1) is 15.5. The van der Waals surface area contributed by atoms with Gasteiger partial charge in [-0.3, -0.25) is 14.5 Å². The van der Waals surface area contributed by atoms with Crippen LogP contribution in [0, 0.1) is 17.6 Å². The Morgan fingerprint density at radius 1 is 1.18 bits per heavy atom. The van der Waals surface area contributed by atoms with Gasteiger partial charge in [-0.1, -0.05) is 26.0 Å². The Bertz CT molecular complexity index is 1070. The maximum absolute atomic E-state index is 13.5. The van der Waals surface area contributed by atoms with Crippen LogP contribution in [0.4, 0.5) is 8.78 Å². The molecular formula is C25H30F2N4O2. The quantitative estimate of drug-likeness (QED) is 0.651. The molecule has 0 fully saturated rings. The number of nitrogens with zero attached hydrogens (tertiary/aromatic N) is 2. The van der Waals surface area contributed by atoms with Crippen LogP contribution in [-0.2, 0) is 11.3 Å². The summed E-state index contributed by atoms with van der Waals surface area (Å²) in [5.41, 5.74) is 7.02. The first-order valence-electron chi connectivity index (χ1n) is 11.0. The number of guanidine groups is 1. The molecule has 2 unspecified atom stereocenters. The number of nitrogens with one attached hydrogen (secondary N) is 1. The summed E-state index contributed by atoms with van der Waals surface area (Å²) < 4.78 is 27.0. The molecule has 0 spiro atoms. The second-order valence-corrected chi connectivity index (χ2v) is 9.32. The standard InChI is InChI=1S/C25H30F2N4O2/c1-15(2)12-25(4)13-22(32)31(24(28)30-25)14-17-6-5-7-18(8-17)23(33)29-16(3)19-9-20(26)11-21(27)10-19/h5-11,15-16H,12-14H2,1-4H3,(H2,28,30)(H,29,33). The van der Waals surface area contributed by atoms with Crippen molar-refractivity contribution in [1.82, 2.24) is 10.2 Å². The van der Waals surface area contributed by atoms with Gasteiger partial charge in [-0.15, -0.1) is 0 Å². The zero-order valence-corrected chi connectivity index (χ0v) is 19.4. The molecule has 0 aliphatic carbocycles. The molecule has 6 nitrogen and oxygen atoms in total. The summed E-state index contributed by atoms with van der Waals surface area (Å²) in [6.45, 7) is 7.93. The van der Waals surface area contributed by atoms with Crippen molar-refractivity contribution in [3.8, 4) is 0 Å². The highest BCUT2D eigenvalue weighted by atomic mass is 19.1. The Kier molecular flexibility index (Phi) is 7.15. The molecule has 3 rings (SSSR count). The van der Waals surface area contributed by atoms with Gasteiger partial charge in [-0.2, -0.15) is 0 Å². The fourth-order valence-electron chi connectivity index (χ4n) is 4.27. The minimum atomic E-state index is -0.706. The Morgan fingerprint density at radius 2 is 1.85 bits per heavy atom. The van der Waals surface area contributed by atoms with Crippen LogP contribution in [0.5, 0.6) is 0 Å². The molecule has 3 N–H and O–H groups in total. The van der Waals surface area contributed by atoms with Crippen molar-refractivity contribution in [1.29, 1.82) is 0 Å². The van der Waals surface area contributed by atoms with Gasteiger partial charge in [0.05, 0.1) is 24.5 Å². The zero-order valence-electron chi connectivity index (χ0n) is 19.4. The van der Waals surface area contributed by atoms with E-state index in [1.807, 2.05) is 6.92 Å². The van der Waals surface area contributed by atoms with Crippen LogP contribution in [-0.4, -0.2) is 28.2 Å². The molecule has 1 aliphatic heterocycles. The van der Waals surface area contributed by atoms with Gasteiger partial charge in [0.15, 0.2) is 5.96 Å². The topological polar surface area (TPSA) is 87.8 Å². The minimum absolute atomic E-state index is 0.109. The molecule has 0 aromatic heterocycles. The number of amides is 2. The van der Waals surface area contributed by atoms with Crippen molar-refractivity contribution in [2.24, 2.45) is 16.6 Å². The number of aliphatic imine (C=N–C) groups is 1. The molecule has 33 heavy (non-hydrogen) atoms. The normalized spacial score (nSPS) is 19.4. The highest BCUT2D eigenvalue weighted by molar-refractivity contribution is 5.99. The number of halogens is 2. The van der Waals surface area contributed by atoms with Gasteiger partial charge in [0.1, 0.15) is 11.6 Å². The van der Waals surface area contributed by atoms with Crippen molar-refractivity contribution in [2.75, 3.05) is 0 Å². The van der Waals surface area contributed by atoms with Crippen LogP contribution in [0.1, 0.15) is 68.1 Å². The lowest BCUT2D eigenvalue weighted by Gasteiger charge is -2.36. The summed E-state index contributed by atoms with van der Waals surface area (Å²) in [6.07, 6.45) is 1.03. The SMILES string of the molecule is CC(C)CC1(C)CC(=O)N(Cc2cccc(C(=O)NC(C)c3cc(F)cc(F)c3)c2)C(N)=N1. The molecule has 0 bridgehead atoms. The fourth-order valence-corrected chi connectivity index (χ4v) is 4.27. The summed E-state index contributed by atoms with van der Waals surface area (Å²) in [7, 11) is 0. The number of carbonyl (C=O) groups is 2. The Morgan fingerprint density at radius 3 is 2.45 bits per heavy atom. The predicted molar refractivity (Wildman–Crippen MR) is 123 cm³/mol. The predicted octanol–water partition coefficient (Wildman–Crippen LogP) is 4.31. The molecule has 2 atom stereocenters. The van der Waals surface area contributed by atoms with Crippen LogP contribution in [0.25, 0.3) is 0 Å². The van der Waals surface area contributed by atoms with E-state index < -0.39 is 29.1 Å². The van der Waals surface area contributed by atoms with Crippen molar-refractivity contribution >= 4 is 17.8 Å². The van der Waals surface area contributed by atoms with Crippen LogP contribution < -0.4 is 11.1 Å². The zero-order chi connectivity index (χ0) is 24.3. The third-order valence-corrected chi connectivity index (χ3v) is 5.60. The van der Waals surface area contributed by atoms with E-state index in [0.29, 0.717) is 22.6 Å². The summed E-state index contributed by atoms with van der Waals surface area (Å²) >= 11 is 0. The van der Waals surface area contributed by atoms with Crippen LogP contribution in [0.3, 0.4) is 0 Å². The first-order valence-corrected chi connectivity index (χ1v) is 11.0. The summed E-state index contributed by atoms with van der Waals surface area (Å²) in [5, 5.41) is 2.74. The van der Waals surface area contributed by atoms with E-state index in [1.54, 1.807) is 31.2 Å². The van der Waals surface area contributed by atoms with Gasteiger partial charge in [0.2, 0.25) is 5.91 Å². The van der Waals surface area contributed by atoms with Gasteiger partial charge in [0.25, 0.3) is 5.91 Å². The lowest BCUT2D eigenvalue weighted by atomic mass is 9.87. The van der Waals surface area contributed by atoms with E-state index in [-0.39, 0.29) is 24.8 Å². The minimum Gasteiger partial charge on any atom is -0.369 e. The molecular weight excluding hydrogens is 426 g/mol. The first kappa shape index (κ1) is 24.4. The smallest absolute Gasteiger partial charge is 0.251 e. The molecule has 1 heterocycles. The maximum atomic E-state index is 13.5. The molecule has 2 amide bonds. The van der Waals surface area contributed by atoms with E-state index in [9.17, 15) is 18.4 Å². The lowest BCUT2D eigenvalue weighted by Crippen LogP contribution is -2.50. The van der Waals surface area contributed by atoms with Gasteiger partial charge >= 0.3 is 0 Å². The van der Waals surface area contributed by atoms with E-state index in [2.05, 4.69) is 24.2 Å². The molecule has 176 valence electrons. The van der Waals surface area contributed by atoms with Gasteiger partial charge < -0.3 is 11.1 Å². The van der Waals surface area contributed by atoms with E-state index in [1.165, 1.54) is 17.0 Å². The Hall–Kier alpha value is -3.29. The largest absolute Gasteiger partial charge is 0.369 e. The Labute approximate surface area is 192 Å². The third kappa shape index (κ3) is 6.15. The molecule has 2 aromatic carbocycles. The molecule has 2 aromatic rings. The number of hydrogen-bond acceptors (Lipinski definition) is 4. The summed E-state index contributed by atoms with van der Waals surface area (Å²) in [4.78, 5) is 31.6. The van der Waals surface area contributed by atoms with Gasteiger partial charge in [-0.05, 0) is 61.6 Å². The number of rotatable bonds is 7. The van der Waals surface area contributed by atoms with Gasteiger partial charge in [-0.25, -0.2) is 13.8 Å². The van der Waals surface area contributed by atoms with Crippen molar-refractivity contribution in [2.45, 2.75) is 58.7 Å². The molecule has 1 aliphatic rings. The highest BCUT2D eigenvalue weighted by Gasteiger charge is 2.36. The number of benzene rings is 2. The molecule has 0 radical (unpaired) electrons. The van der Waals surface area contributed by atoms with Gasteiger partial charge in [0, 0.05) is 11.6 Å². The van der Waals surface area contributed by atoms with Crippen molar-refractivity contribution in [3.63, 3.8) is 0 Å². The number of hydrogen-bond donors (Lipinski definition) is 2. The van der Waals surface area contributed by atoms with E-state index in [4.69, 9.17) is 5.73 Å². The average Bonchev–Trinajstić information content (AvgIpc) is 2.69. The lowest BCUT2D eigenvalue weighted by molar-refractivity contribution is -0.130. The van der Waals surface area contributed by atoms with Crippen LogP contribution >= 0.6 is 0 Å². The summed E-state index contributed by atoms with van der Waals surface area (Å²) in [6, 6.07) is 9.35. The highest BCUT2D eigenvalue weighted by Crippen LogP contribution is 2.29. The molecule has 8 heteroatoms. The van der Waals surface area contributed by atoms with E-state index in [0.717, 1.165) is 12.5 Å². The fraction of sp³-hybridized carbons (Fsp3) is 0.400. The third-order valence-electron chi connectivity index (χ3n) is 5.60. The monoisotopic (exact) mass is 456 g/mol. The average molecular weight is 457 g/mol. The second kappa shape index (κ2) is 9.68. The molecule has 0 saturated carbocycles. The Balaban J connectivity index is 1.72. The van der Waals surface area contributed by atoms with E-state index >= 15 is 0 Å². The van der Waals surface area contributed by atoms with Crippen LogP contribution in [0.15, 0.2) is 47.5 Å². The summed E-state index contributed by atoms with van der Waals surface area (Å²) in [5.74, 6) is -1.36. The van der Waals surface area contributed by atoms with Crippen molar-refractivity contribution in [3.05, 3.63) is 70.8 Å². The number of carbonyl (C=O) groups excluding carboxylic acids is 2. The second-order valence-electron chi connectivity index (χ2n) is 9.32. The number of nitrogens with two attached hydrogens (primary N) is 1. The van der Waals surface area contributed by atoms with Crippen molar-refractivity contribution < 1.29 is 18.4 Å².